The molecule has 0 heterocycles. The summed E-state index contributed by atoms with van der Waals surface area (Å²) >= 11 is 0. The van der Waals surface area contributed by atoms with E-state index in [0.29, 0.717) is 36.9 Å². The Balaban J connectivity index is 1.66. The number of rotatable bonds is 9. The van der Waals surface area contributed by atoms with Crippen LogP contribution in [0.15, 0.2) is 72.8 Å². The molecular formula is C25H26N2O4. The highest BCUT2D eigenvalue weighted by Crippen LogP contribution is 2.21. The number of anilines is 1. The zero-order valence-electron chi connectivity index (χ0n) is 17.1. The van der Waals surface area contributed by atoms with Crippen molar-refractivity contribution in [3.05, 3.63) is 95.1 Å². The molecule has 3 rings (SSSR count). The van der Waals surface area contributed by atoms with Gasteiger partial charge in [-0.3, -0.25) is 4.79 Å². The topological polar surface area (TPSA) is 113 Å². The summed E-state index contributed by atoms with van der Waals surface area (Å²) in [4.78, 5) is 24.3. The van der Waals surface area contributed by atoms with Crippen LogP contribution in [-0.2, 0) is 24.1 Å². The van der Waals surface area contributed by atoms with E-state index in [9.17, 15) is 19.8 Å². The van der Waals surface area contributed by atoms with Gasteiger partial charge in [0.25, 0.3) is 5.91 Å². The van der Waals surface area contributed by atoms with Crippen molar-refractivity contribution in [1.82, 2.24) is 5.32 Å². The minimum Gasteiger partial charge on any atom is -0.508 e. The fourth-order valence-electron chi connectivity index (χ4n) is 3.41. The van der Waals surface area contributed by atoms with Crippen molar-refractivity contribution in [3.8, 4) is 5.75 Å². The summed E-state index contributed by atoms with van der Waals surface area (Å²) < 4.78 is 0. The van der Waals surface area contributed by atoms with E-state index in [-0.39, 0.29) is 5.75 Å². The summed E-state index contributed by atoms with van der Waals surface area (Å²) in [5.41, 5.74) is 9.55. The van der Waals surface area contributed by atoms with E-state index in [4.69, 9.17) is 5.73 Å². The maximum atomic E-state index is 12.7. The van der Waals surface area contributed by atoms with Crippen LogP contribution in [-0.4, -0.2) is 28.1 Å². The molecule has 0 bridgehead atoms. The Morgan fingerprint density at radius 3 is 2.26 bits per heavy atom. The molecule has 0 aliphatic rings. The van der Waals surface area contributed by atoms with Crippen molar-refractivity contribution in [2.24, 2.45) is 0 Å². The monoisotopic (exact) mass is 418 g/mol. The molecule has 3 aromatic rings. The average Bonchev–Trinajstić information content (AvgIpc) is 2.77. The SMILES string of the molecule is Nc1ccc(C(=O)N[C@@H](CCc2ccccc2)C(=O)O)cc1CCc1ccccc1O. The quantitative estimate of drug-likeness (QED) is 0.397. The number of aryl methyl sites for hydroxylation is 3. The largest absolute Gasteiger partial charge is 0.508 e. The number of carbonyl (C=O) groups is 2. The van der Waals surface area contributed by atoms with Gasteiger partial charge in [0, 0.05) is 11.3 Å². The predicted octanol–water partition coefficient (Wildman–Crippen LogP) is 3.58. The Kier molecular flexibility index (Phi) is 7.27. The number of aliphatic carboxylic acids is 1. The minimum absolute atomic E-state index is 0.220. The van der Waals surface area contributed by atoms with Gasteiger partial charge in [-0.1, -0.05) is 48.5 Å². The lowest BCUT2D eigenvalue weighted by Gasteiger charge is -2.15. The van der Waals surface area contributed by atoms with Crippen LogP contribution in [0.5, 0.6) is 5.75 Å². The van der Waals surface area contributed by atoms with Gasteiger partial charge < -0.3 is 21.3 Å². The molecule has 0 fully saturated rings. The first-order valence-corrected chi connectivity index (χ1v) is 10.2. The number of aromatic hydroxyl groups is 1. The van der Waals surface area contributed by atoms with Crippen LogP contribution in [0.3, 0.4) is 0 Å². The number of phenols is 1. The molecule has 6 heteroatoms. The number of hydrogen-bond acceptors (Lipinski definition) is 4. The highest BCUT2D eigenvalue weighted by Gasteiger charge is 2.21. The third kappa shape index (κ3) is 6.09. The number of nitrogens with one attached hydrogen (secondary N) is 1. The van der Waals surface area contributed by atoms with Gasteiger partial charge in [-0.05, 0) is 66.6 Å². The summed E-state index contributed by atoms with van der Waals surface area (Å²) in [7, 11) is 0. The lowest BCUT2D eigenvalue weighted by molar-refractivity contribution is -0.139. The van der Waals surface area contributed by atoms with Crippen LogP contribution in [0.25, 0.3) is 0 Å². The number of carboxylic acids is 1. The number of carbonyl (C=O) groups excluding carboxylic acids is 1. The number of nitrogen functional groups attached to an aromatic ring is 1. The van der Waals surface area contributed by atoms with Gasteiger partial charge in [0.1, 0.15) is 11.8 Å². The van der Waals surface area contributed by atoms with Crippen LogP contribution >= 0.6 is 0 Å². The molecule has 0 aromatic heterocycles. The molecule has 0 saturated heterocycles. The highest BCUT2D eigenvalue weighted by atomic mass is 16.4. The fourth-order valence-corrected chi connectivity index (χ4v) is 3.41. The van der Waals surface area contributed by atoms with E-state index >= 15 is 0 Å². The molecule has 160 valence electrons. The van der Waals surface area contributed by atoms with E-state index in [1.807, 2.05) is 42.5 Å². The van der Waals surface area contributed by atoms with Crippen molar-refractivity contribution in [2.75, 3.05) is 5.73 Å². The Bertz CT molecular complexity index is 1050. The number of benzene rings is 3. The highest BCUT2D eigenvalue weighted by molar-refractivity contribution is 5.97. The Labute approximate surface area is 181 Å². The average molecular weight is 418 g/mol. The second kappa shape index (κ2) is 10.3. The first-order chi connectivity index (χ1) is 14.9. The van der Waals surface area contributed by atoms with Gasteiger partial charge in [-0.15, -0.1) is 0 Å². The fraction of sp³-hybridized carbons (Fsp3) is 0.200. The second-order valence-corrected chi connectivity index (χ2v) is 7.43. The number of amides is 1. The third-order valence-corrected chi connectivity index (χ3v) is 5.23. The van der Waals surface area contributed by atoms with Gasteiger partial charge in [0.15, 0.2) is 0 Å². The molecular weight excluding hydrogens is 392 g/mol. The summed E-state index contributed by atoms with van der Waals surface area (Å²) in [6.07, 6.45) is 1.95. The molecule has 6 nitrogen and oxygen atoms in total. The summed E-state index contributed by atoms with van der Waals surface area (Å²) in [5, 5.41) is 22.1. The Morgan fingerprint density at radius 2 is 1.55 bits per heavy atom. The van der Waals surface area contributed by atoms with Gasteiger partial charge in [-0.25, -0.2) is 4.79 Å². The van der Waals surface area contributed by atoms with Crippen molar-refractivity contribution < 1.29 is 19.8 Å². The molecule has 0 spiro atoms. The predicted molar refractivity (Wildman–Crippen MR) is 120 cm³/mol. The van der Waals surface area contributed by atoms with Gasteiger partial charge in [-0.2, -0.15) is 0 Å². The van der Waals surface area contributed by atoms with Gasteiger partial charge in [0.2, 0.25) is 0 Å². The first kappa shape index (κ1) is 21.9. The Hall–Kier alpha value is -3.80. The van der Waals surface area contributed by atoms with E-state index in [1.54, 1.807) is 30.3 Å². The maximum absolute atomic E-state index is 12.7. The minimum atomic E-state index is -1.07. The van der Waals surface area contributed by atoms with E-state index in [1.165, 1.54) is 0 Å². The number of phenolic OH excluding ortho intramolecular Hbond substituents is 1. The lowest BCUT2D eigenvalue weighted by Crippen LogP contribution is -2.41. The molecule has 0 aliphatic heterocycles. The molecule has 0 unspecified atom stereocenters. The third-order valence-electron chi connectivity index (χ3n) is 5.23. The van der Waals surface area contributed by atoms with Crippen molar-refractivity contribution in [1.29, 1.82) is 0 Å². The first-order valence-electron chi connectivity index (χ1n) is 10.2. The standard InChI is InChI=1S/C25H26N2O4/c26-21-14-13-20(16-19(21)12-11-18-8-4-5-9-23(18)28)24(29)27-22(25(30)31)15-10-17-6-2-1-3-7-17/h1-9,13-14,16,22,28H,10-12,15,26H2,(H,27,29)(H,30,31)/t22-/m0/s1. The lowest BCUT2D eigenvalue weighted by atomic mass is 9.99. The normalized spacial score (nSPS) is 11.6. The molecule has 0 aliphatic carbocycles. The van der Waals surface area contributed by atoms with Crippen LogP contribution in [0.4, 0.5) is 5.69 Å². The van der Waals surface area contributed by atoms with Crippen molar-refractivity contribution >= 4 is 17.6 Å². The second-order valence-electron chi connectivity index (χ2n) is 7.43. The van der Waals surface area contributed by atoms with Crippen LogP contribution in [0.1, 0.15) is 33.5 Å². The maximum Gasteiger partial charge on any atom is 0.326 e. The molecule has 1 amide bonds. The number of nitrogens with two attached hydrogens (primary N) is 1. The zero-order chi connectivity index (χ0) is 22.2. The zero-order valence-corrected chi connectivity index (χ0v) is 17.1. The number of carboxylic acid groups (broad SMARTS) is 1. The summed E-state index contributed by atoms with van der Waals surface area (Å²) in [6, 6.07) is 20.6. The summed E-state index contributed by atoms with van der Waals surface area (Å²) in [6.45, 7) is 0. The number of hydrogen-bond donors (Lipinski definition) is 4. The van der Waals surface area contributed by atoms with Crippen molar-refractivity contribution in [2.45, 2.75) is 31.7 Å². The van der Waals surface area contributed by atoms with Crippen LogP contribution in [0.2, 0.25) is 0 Å². The molecule has 0 saturated carbocycles. The number of para-hydroxylation sites is 1. The van der Waals surface area contributed by atoms with E-state index < -0.39 is 17.9 Å². The van der Waals surface area contributed by atoms with E-state index in [2.05, 4.69) is 5.32 Å². The van der Waals surface area contributed by atoms with E-state index in [0.717, 1.165) is 16.7 Å². The smallest absolute Gasteiger partial charge is 0.326 e. The van der Waals surface area contributed by atoms with Crippen LogP contribution < -0.4 is 11.1 Å². The van der Waals surface area contributed by atoms with Gasteiger partial charge >= 0.3 is 5.97 Å². The molecule has 1 atom stereocenters. The summed E-state index contributed by atoms with van der Waals surface area (Å²) in [5.74, 6) is -1.30. The molecule has 0 radical (unpaired) electrons. The molecule has 31 heavy (non-hydrogen) atoms. The molecule has 5 N–H and O–H groups in total. The van der Waals surface area contributed by atoms with Gasteiger partial charge in [0.05, 0.1) is 0 Å². The Morgan fingerprint density at radius 1 is 0.871 bits per heavy atom. The van der Waals surface area contributed by atoms with Crippen LogP contribution in [0, 0.1) is 0 Å². The van der Waals surface area contributed by atoms with Crippen molar-refractivity contribution in [3.63, 3.8) is 0 Å². The molecule has 3 aromatic carbocycles.